The van der Waals surface area contributed by atoms with E-state index in [1.807, 2.05) is 61.2 Å². The number of carbonyl (C=O) groups is 1. The quantitative estimate of drug-likeness (QED) is 0.205. The van der Waals surface area contributed by atoms with Crippen molar-refractivity contribution in [1.82, 2.24) is 29.3 Å². The summed E-state index contributed by atoms with van der Waals surface area (Å²) in [5.74, 6) is 1.22. The van der Waals surface area contributed by atoms with E-state index in [9.17, 15) is 4.79 Å². The van der Waals surface area contributed by atoms with Gasteiger partial charge in [-0.2, -0.15) is 0 Å². The molecule has 1 amide bonds. The number of amides is 1. The number of fused-ring (bicyclic) bond motifs is 1. The molecule has 8 heteroatoms. The van der Waals surface area contributed by atoms with Gasteiger partial charge in [-0.25, -0.2) is 15.0 Å². The Morgan fingerprint density at radius 1 is 0.870 bits per heavy atom. The summed E-state index contributed by atoms with van der Waals surface area (Å²) >= 11 is 0. The highest BCUT2D eigenvalue weighted by atomic mass is 16.2. The number of carbonyl (C=O) groups excluding carboxylic acids is 1. The SMILES string of the molecule is C=CC(=O)N1CCC2(CCN(Cc3ccc(-n4c(-c5cccnc5N)nc5ccc(-c6ccccc6)nc54)cc3)CC2)CC1.CC. The van der Waals surface area contributed by atoms with Crippen molar-refractivity contribution in [1.29, 1.82) is 0 Å². The van der Waals surface area contributed by atoms with Gasteiger partial charge in [0.1, 0.15) is 11.3 Å². The number of likely N-dealkylation sites (tertiary alicyclic amines) is 2. The number of hydrogen-bond acceptors (Lipinski definition) is 6. The first-order valence-electron chi connectivity index (χ1n) is 16.4. The fourth-order valence-electron chi connectivity index (χ4n) is 6.78. The first-order chi connectivity index (χ1) is 22.5. The lowest BCUT2D eigenvalue weighted by atomic mass is 9.71. The average molecular weight is 614 g/mol. The molecule has 236 valence electrons. The Hall–Kier alpha value is -4.82. The van der Waals surface area contributed by atoms with Crippen LogP contribution in [-0.4, -0.2) is 61.4 Å². The fraction of sp³-hybridized carbons (Fsp3) is 0.316. The monoisotopic (exact) mass is 613 g/mol. The number of aromatic nitrogens is 4. The Morgan fingerprint density at radius 2 is 1.57 bits per heavy atom. The molecule has 2 aliphatic rings. The molecule has 2 aromatic carbocycles. The molecule has 0 radical (unpaired) electrons. The normalized spacial score (nSPS) is 16.2. The third kappa shape index (κ3) is 6.30. The van der Waals surface area contributed by atoms with Crippen molar-refractivity contribution in [3.05, 3.63) is 103 Å². The molecule has 46 heavy (non-hydrogen) atoms. The van der Waals surface area contributed by atoms with Gasteiger partial charge in [0.2, 0.25) is 5.91 Å². The van der Waals surface area contributed by atoms with Gasteiger partial charge in [0.05, 0.1) is 11.3 Å². The van der Waals surface area contributed by atoms with Crippen LogP contribution >= 0.6 is 0 Å². The minimum absolute atomic E-state index is 0.0628. The summed E-state index contributed by atoms with van der Waals surface area (Å²) in [5.41, 5.74) is 13.3. The Balaban J connectivity index is 0.00000182. The van der Waals surface area contributed by atoms with Gasteiger partial charge in [0.15, 0.2) is 11.5 Å². The van der Waals surface area contributed by atoms with E-state index < -0.39 is 0 Å². The second kappa shape index (κ2) is 13.7. The van der Waals surface area contributed by atoms with Gasteiger partial charge in [0.25, 0.3) is 0 Å². The van der Waals surface area contributed by atoms with Crippen LogP contribution in [0.5, 0.6) is 0 Å². The van der Waals surface area contributed by atoms with E-state index in [1.165, 1.54) is 24.5 Å². The maximum absolute atomic E-state index is 12.0. The molecule has 0 bridgehead atoms. The predicted molar refractivity (Wildman–Crippen MR) is 186 cm³/mol. The number of hydrogen-bond donors (Lipinski definition) is 1. The fourth-order valence-corrected chi connectivity index (χ4v) is 6.78. The number of pyridine rings is 2. The lowest BCUT2D eigenvalue weighted by Crippen LogP contribution is -2.47. The summed E-state index contributed by atoms with van der Waals surface area (Å²) in [6.07, 6.45) is 7.70. The van der Waals surface area contributed by atoms with Crippen LogP contribution in [0.4, 0.5) is 5.82 Å². The summed E-state index contributed by atoms with van der Waals surface area (Å²) in [6.45, 7) is 12.4. The van der Waals surface area contributed by atoms with Crippen LogP contribution in [-0.2, 0) is 11.3 Å². The highest BCUT2D eigenvalue weighted by Crippen LogP contribution is 2.41. The molecule has 8 nitrogen and oxygen atoms in total. The molecule has 2 fully saturated rings. The Labute approximate surface area is 271 Å². The molecular weight excluding hydrogens is 570 g/mol. The van der Waals surface area contributed by atoms with Gasteiger partial charge in [0, 0.05) is 37.1 Å². The van der Waals surface area contributed by atoms with Crippen LogP contribution < -0.4 is 5.73 Å². The van der Waals surface area contributed by atoms with E-state index in [2.05, 4.69) is 57.4 Å². The lowest BCUT2D eigenvalue weighted by molar-refractivity contribution is -0.128. The summed E-state index contributed by atoms with van der Waals surface area (Å²) in [7, 11) is 0. The van der Waals surface area contributed by atoms with Crippen molar-refractivity contribution in [2.45, 2.75) is 46.1 Å². The highest BCUT2D eigenvalue weighted by Gasteiger charge is 2.38. The molecule has 0 saturated carbocycles. The van der Waals surface area contributed by atoms with Crippen LogP contribution in [0.2, 0.25) is 0 Å². The van der Waals surface area contributed by atoms with Crippen molar-refractivity contribution in [3.8, 4) is 28.3 Å². The molecule has 3 aromatic heterocycles. The van der Waals surface area contributed by atoms with Crippen molar-refractivity contribution >= 4 is 22.9 Å². The number of imidazole rings is 1. The predicted octanol–water partition coefficient (Wildman–Crippen LogP) is 7.15. The van der Waals surface area contributed by atoms with E-state index >= 15 is 0 Å². The summed E-state index contributed by atoms with van der Waals surface area (Å²) in [4.78, 5) is 30.9. The number of nitrogens with zero attached hydrogens (tertiary/aromatic N) is 6. The standard InChI is InChI=1S/C36H37N7O.C2H6/c1-2-32(44)42-23-18-36(19-24-42)16-21-41(22-17-36)25-26-10-12-28(13-11-26)43-34(29-9-6-20-38-33(29)37)40-31-15-14-30(39-35(31)43)27-7-4-3-5-8-27;1-2/h2-15,20H,1,16-19,21-25H2,(H2,37,38);1-2H3. The lowest BCUT2D eigenvalue weighted by Gasteiger charge is -2.46. The van der Waals surface area contributed by atoms with Gasteiger partial charge in [-0.1, -0.05) is 62.9 Å². The molecule has 0 atom stereocenters. The number of anilines is 1. The second-order valence-electron chi connectivity index (χ2n) is 12.1. The van der Waals surface area contributed by atoms with E-state index in [-0.39, 0.29) is 5.91 Å². The number of rotatable bonds is 6. The van der Waals surface area contributed by atoms with Crippen molar-refractivity contribution < 1.29 is 4.79 Å². The van der Waals surface area contributed by atoms with E-state index in [4.69, 9.17) is 15.7 Å². The van der Waals surface area contributed by atoms with E-state index in [0.717, 1.165) is 85.1 Å². The zero-order valence-corrected chi connectivity index (χ0v) is 26.9. The van der Waals surface area contributed by atoms with E-state index in [0.29, 0.717) is 11.2 Å². The topological polar surface area (TPSA) is 93.2 Å². The Morgan fingerprint density at radius 3 is 2.24 bits per heavy atom. The maximum atomic E-state index is 12.0. The van der Waals surface area contributed by atoms with Gasteiger partial charge in [-0.3, -0.25) is 14.3 Å². The van der Waals surface area contributed by atoms with Crippen LogP contribution in [0.1, 0.15) is 45.1 Å². The van der Waals surface area contributed by atoms with Gasteiger partial charge in [-0.05, 0) is 92.2 Å². The van der Waals surface area contributed by atoms with Gasteiger partial charge in [-0.15, -0.1) is 0 Å². The molecule has 5 aromatic rings. The molecule has 7 rings (SSSR count). The first-order valence-corrected chi connectivity index (χ1v) is 16.4. The largest absolute Gasteiger partial charge is 0.383 e. The minimum Gasteiger partial charge on any atom is -0.383 e. The molecule has 1 spiro atoms. The average Bonchev–Trinajstić information content (AvgIpc) is 3.50. The number of benzene rings is 2. The van der Waals surface area contributed by atoms with Crippen LogP contribution in [0.15, 0.2) is 97.7 Å². The van der Waals surface area contributed by atoms with Crippen molar-refractivity contribution in [3.63, 3.8) is 0 Å². The van der Waals surface area contributed by atoms with Gasteiger partial charge >= 0.3 is 0 Å². The zero-order valence-electron chi connectivity index (χ0n) is 26.9. The summed E-state index contributed by atoms with van der Waals surface area (Å²) in [5, 5.41) is 0. The number of nitrogen functional groups attached to an aromatic ring is 1. The molecule has 2 saturated heterocycles. The number of piperidine rings is 2. The van der Waals surface area contributed by atoms with Crippen LogP contribution in [0.3, 0.4) is 0 Å². The molecule has 0 unspecified atom stereocenters. The smallest absolute Gasteiger partial charge is 0.245 e. The molecule has 0 aliphatic carbocycles. The molecule has 2 N–H and O–H groups in total. The Bertz CT molecular complexity index is 1790. The molecule has 5 heterocycles. The van der Waals surface area contributed by atoms with Crippen molar-refractivity contribution in [2.75, 3.05) is 31.9 Å². The first kappa shape index (κ1) is 31.2. The summed E-state index contributed by atoms with van der Waals surface area (Å²) in [6, 6.07) is 26.8. The van der Waals surface area contributed by atoms with Crippen molar-refractivity contribution in [2.24, 2.45) is 5.41 Å². The zero-order chi connectivity index (χ0) is 32.1. The van der Waals surface area contributed by atoms with Gasteiger partial charge < -0.3 is 10.6 Å². The third-order valence-corrected chi connectivity index (χ3v) is 9.48. The maximum Gasteiger partial charge on any atom is 0.245 e. The summed E-state index contributed by atoms with van der Waals surface area (Å²) < 4.78 is 2.09. The molecule has 2 aliphatic heterocycles. The highest BCUT2D eigenvalue weighted by molar-refractivity contribution is 5.87. The Kier molecular flexibility index (Phi) is 9.26. The second-order valence-corrected chi connectivity index (χ2v) is 12.1. The van der Waals surface area contributed by atoms with Crippen LogP contribution in [0.25, 0.3) is 39.5 Å². The molecular formula is C38H43N7O. The number of nitrogens with two attached hydrogens (primary N) is 1. The third-order valence-electron chi connectivity index (χ3n) is 9.48. The van der Waals surface area contributed by atoms with Crippen LogP contribution in [0, 0.1) is 5.41 Å². The van der Waals surface area contributed by atoms with E-state index in [1.54, 1.807) is 6.20 Å². The minimum atomic E-state index is 0.0628.